The fraction of sp³-hybridized carbons (Fsp3) is 0.333. The predicted octanol–water partition coefficient (Wildman–Crippen LogP) is 4.44. The van der Waals surface area contributed by atoms with E-state index >= 15 is 0 Å². The van der Waals surface area contributed by atoms with Gasteiger partial charge in [0.25, 0.3) is 0 Å². The van der Waals surface area contributed by atoms with Crippen molar-refractivity contribution >= 4 is 5.69 Å². The monoisotopic (exact) mass is 285 g/mol. The van der Waals surface area contributed by atoms with Gasteiger partial charge in [0.1, 0.15) is 11.6 Å². The maximum absolute atomic E-state index is 13.1. The van der Waals surface area contributed by atoms with E-state index in [2.05, 4.69) is 11.8 Å². The molecule has 0 radical (unpaired) electrons. The number of phenolic OH excluding ortho intramolecular Hbond substituents is 1. The van der Waals surface area contributed by atoms with Crippen LogP contribution in [0.2, 0.25) is 0 Å². The van der Waals surface area contributed by atoms with Crippen molar-refractivity contribution in [1.29, 1.82) is 0 Å². The SMILES string of the molecule is CCN(c1ccc(F)cc1)C1CCCc2ccc(O)cc21. The summed E-state index contributed by atoms with van der Waals surface area (Å²) in [7, 11) is 0. The van der Waals surface area contributed by atoms with Crippen molar-refractivity contribution in [2.75, 3.05) is 11.4 Å². The highest BCUT2D eigenvalue weighted by atomic mass is 19.1. The molecule has 1 aliphatic carbocycles. The topological polar surface area (TPSA) is 23.5 Å². The number of hydrogen-bond acceptors (Lipinski definition) is 2. The van der Waals surface area contributed by atoms with Crippen LogP contribution in [-0.2, 0) is 6.42 Å². The summed E-state index contributed by atoms with van der Waals surface area (Å²) in [4.78, 5) is 2.29. The second kappa shape index (κ2) is 5.76. The summed E-state index contributed by atoms with van der Waals surface area (Å²) in [6.07, 6.45) is 3.26. The lowest BCUT2D eigenvalue weighted by atomic mass is 9.86. The Morgan fingerprint density at radius 2 is 1.95 bits per heavy atom. The van der Waals surface area contributed by atoms with Gasteiger partial charge in [0, 0.05) is 12.2 Å². The minimum atomic E-state index is -0.212. The minimum absolute atomic E-state index is 0.212. The Hall–Kier alpha value is -2.03. The maximum Gasteiger partial charge on any atom is 0.123 e. The predicted molar refractivity (Wildman–Crippen MR) is 83.2 cm³/mol. The number of benzene rings is 2. The highest BCUT2D eigenvalue weighted by molar-refractivity contribution is 5.51. The fourth-order valence-electron chi connectivity index (χ4n) is 3.30. The zero-order chi connectivity index (χ0) is 14.8. The van der Waals surface area contributed by atoms with Gasteiger partial charge in [0.05, 0.1) is 6.04 Å². The number of anilines is 1. The third-order valence-electron chi connectivity index (χ3n) is 4.29. The number of phenols is 1. The number of aryl methyl sites for hydroxylation is 1. The molecule has 0 amide bonds. The Morgan fingerprint density at radius 3 is 2.67 bits per heavy atom. The fourth-order valence-corrected chi connectivity index (χ4v) is 3.30. The van der Waals surface area contributed by atoms with Crippen molar-refractivity contribution < 1.29 is 9.50 Å². The van der Waals surface area contributed by atoms with E-state index < -0.39 is 0 Å². The second-order valence-corrected chi connectivity index (χ2v) is 5.55. The Morgan fingerprint density at radius 1 is 1.19 bits per heavy atom. The van der Waals surface area contributed by atoms with Crippen molar-refractivity contribution in [1.82, 2.24) is 0 Å². The molecule has 0 aromatic heterocycles. The third-order valence-corrected chi connectivity index (χ3v) is 4.29. The molecular weight excluding hydrogens is 265 g/mol. The maximum atomic E-state index is 13.1. The molecule has 0 saturated carbocycles. The standard InChI is InChI=1S/C18H20FNO/c1-2-20(15-9-7-14(19)8-10-15)18-5-3-4-13-6-11-16(21)12-17(13)18/h6-12,18,21H,2-5H2,1H3. The Bertz CT molecular complexity index is 624. The average molecular weight is 285 g/mol. The van der Waals surface area contributed by atoms with Gasteiger partial charge in [0.2, 0.25) is 0 Å². The van der Waals surface area contributed by atoms with Crippen molar-refractivity contribution in [3.63, 3.8) is 0 Å². The number of rotatable bonds is 3. The van der Waals surface area contributed by atoms with Crippen LogP contribution >= 0.6 is 0 Å². The molecule has 2 nitrogen and oxygen atoms in total. The van der Waals surface area contributed by atoms with Crippen LogP contribution in [0.4, 0.5) is 10.1 Å². The van der Waals surface area contributed by atoms with E-state index in [1.165, 1.54) is 23.3 Å². The molecule has 0 aliphatic heterocycles. The summed E-state index contributed by atoms with van der Waals surface area (Å²) in [6.45, 7) is 2.96. The molecular formula is C18H20FNO. The summed E-state index contributed by atoms with van der Waals surface area (Å²) in [5, 5.41) is 9.80. The van der Waals surface area contributed by atoms with Crippen LogP contribution in [0.15, 0.2) is 42.5 Å². The second-order valence-electron chi connectivity index (χ2n) is 5.55. The molecule has 3 heteroatoms. The molecule has 1 unspecified atom stereocenters. The van der Waals surface area contributed by atoms with Gasteiger partial charge < -0.3 is 10.0 Å². The molecule has 3 rings (SSSR count). The van der Waals surface area contributed by atoms with Gasteiger partial charge in [-0.1, -0.05) is 6.07 Å². The lowest BCUT2D eigenvalue weighted by molar-refractivity contribution is 0.467. The van der Waals surface area contributed by atoms with Gasteiger partial charge in [-0.2, -0.15) is 0 Å². The Balaban J connectivity index is 1.99. The summed E-state index contributed by atoms with van der Waals surface area (Å²) in [5.41, 5.74) is 3.54. The minimum Gasteiger partial charge on any atom is -0.508 e. The quantitative estimate of drug-likeness (QED) is 0.901. The zero-order valence-electron chi connectivity index (χ0n) is 12.2. The van der Waals surface area contributed by atoms with Crippen LogP contribution in [0.1, 0.15) is 36.9 Å². The lowest BCUT2D eigenvalue weighted by Crippen LogP contribution is -2.31. The van der Waals surface area contributed by atoms with Crippen LogP contribution < -0.4 is 4.90 Å². The first-order chi connectivity index (χ1) is 10.2. The number of hydrogen-bond donors (Lipinski definition) is 1. The van der Waals surface area contributed by atoms with E-state index in [4.69, 9.17) is 0 Å². The van der Waals surface area contributed by atoms with Crippen molar-refractivity contribution in [3.05, 3.63) is 59.4 Å². The van der Waals surface area contributed by atoms with Gasteiger partial charge in [-0.05, 0) is 73.7 Å². The first kappa shape index (κ1) is 13.9. The Kier molecular flexibility index (Phi) is 3.82. The van der Waals surface area contributed by atoms with E-state index in [1.807, 2.05) is 24.3 Å². The first-order valence-electron chi connectivity index (χ1n) is 7.53. The van der Waals surface area contributed by atoms with Crippen LogP contribution in [-0.4, -0.2) is 11.7 Å². The van der Waals surface area contributed by atoms with Crippen LogP contribution in [0.3, 0.4) is 0 Å². The van der Waals surface area contributed by atoms with E-state index in [0.717, 1.165) is 31.5 Å². The van der Waals surface area contributed by atoms with E-state index in [1.54, 1.807) is 6.07 Å². The Labute approximate surface area is 124 Å². The summed E-state index contributed by atoms with van der Waals surface area (Å²) in [6, 6.07) is 12.6. The average Bonchev–Trinajstić information content (AvgIpc) is 2.50. The molecule has 110 valence electrons. The smallest absolute Gasteiger partial charge is 0.123 e. The molecule has 1 aliphatic rings. The molecule has 1 N–H and O–H groups in total. The van der Waals surface area contributed by atoms with Crippen LogP contribution in [0, 0.1) is 5.82 Å². The van der Waals surface area contributed by atoms with Gasteiger partial charge in [-0.15, -0.1) is 0 Å². The lowest BCUT2D eigenvalue weighted by Gasteiger charge is -2.37. The van der Waals surface area contributed by atoms with Gasteiger partial charge in [-0.3, -0.25) is 0 Å². The third kappa shape index (κ3) is 2.73. The molecule has 1 atom stereocenters. The highest BCUT2D eigenvalue weighted by Gasteiger charge is 2.25. The van der Waals surface area contributed by atoms with Crippen molar-refractivity contribution in [3.8, 4) is 5.75 Å². The molecule has 0 saturated heterocycles. The molecule has 0 fully saturated rings. The molecule has 0 bridgehead atoms. The number of nitrogens with zero attached hydrogens (tertiary/aromatic N) is 1. The number of aromatic hydroxyl groups is 1. The highest BCUT2D eigenvalue weighted by Crippen LogP contribution is 2.38. The number of fused-ring (bicyclic) bond motifs is 1. The van der Waals surface area contributed by atoms with E-state index in [9.17, 15) is 9.50 Å². The summed E-state index contributed by atoms with van der Waals surface area (Å²) in [5.74, 6) is 0.104. The van der Waals surface area contributed by atoms with Gasteiger partial charge >= 0.3 is 0 Å². The zero-order valence-corrected chi connectivity index (χ0v) is 12.2. The molecule has 0 spiro atoms. The molecule has 2 aromatic carbocycles. The van der Waals surface area contributed by atoms with Gasteiger partial charge in [-0.25, -0.2) is 4.39 Å². The van der Waals surface area contributed by atoms with Gasteiger partial charge in [0.15, 0.2) is 0 Å². The molecule has 0 heterocycles. The normalized spacial score (nSPS) is 17.3. The van der Waals surface area contributed by atoms with Crippen molar-refractivity contribution in [2.45, 2.75) is 32.2 Å². The first-order valence-corrected chi connectivity index (χ1v) is 7.53. The largest absolute Gasteiger partial charge is 0.508 e. The van der Waals surface area contributed by atoms with Crippen molar-refractivity contribution in [2.24, 2.45) is 0 Å². The molecule has 2 aromatic rings. The molecule has 21 heavy (non-hydrogen) atoms. The summed E-state index contributed by atoms with van der Waals surface area (Å²) < 4.78 is 13.1. The number of halogens is 1. The van der Waals surface area contributed by atoms with Crippen LogP contribution in [0.25, 0.3) is 0 Å². The van der Waals surface area contributed by atoms with Crippen LogP contribution in [0.5, 0.6) is 5.75 Å². The van der Waals surface area contributed by atoms with E-state index in [-0.39, 0.29) is 11.9 Å². The summed E-state index contributed by atoms with van der Waals surface area (Å²) >= 11 is 0. The van der Waals surface area contributed by atoms with E-state index in [0.29, 0.717) is 5.75 Å².